The molecule has 1 saturated carbocycles. The number of aromatic nitrogens is 1. The van der Waals surface area contributed by atoms with Gasteiger partial charge in [-0.3, -0.25) is 0 Å². The smallest absolute Gasteiger partial charge is 0.250 e. The van der Waals surface area contributed by atoms with Crippen LogP contribution in [-0.2, 0) is 10.0 Å². The monoisotopic (exact) mass is 370 g/mol. The fourth-order valence-corrected chi connectivity index (χ4v) is 6.02. The Bertz CT molecular complexity index is 800. The molecule has 0 saturated heterocycles. The van der Waals surface area contributed by atoms with Gasteiger partial charge in [-0.15, -0.1) is 11.3 Å². The van der Waals surface area contributed by atoms with Gasteiger partial charge in [0.15, 0.2) is 0 Å². The Labute approximate surface area is 145 Å². The van der Waals surface area contributed by atoms with Crippen molar-refractivity contribution < 1.29 is 18.0 Å². The van der Waals surface area contributed by atoms with Crippen molar-refractivity contribution in [2.45, 2.75) is 56.4 Å². The second-order valence-electron chi connectivity index (χ2n) is 6.34. The maximum Gasteiger partial charge on any atom is 0.250 e. The van der Waals surface area contributed by atoms with Crippen molar-refractivity contribution in [3.8, 4) is 10.4 Å². The molecule has 24 heavy (non-hydrogen) atoms. The second-order valence-corrected chi connectivity index (χ2v) is 9.36. The van der Waals surface area contributed by atoms with E-state index in [0.29, 0.717) is 25.0 Å². The summed E-state index contributed by atoms with van der Waals surface area (Å²) < 4.78 is 33.6. The van der Waals surface area contributed by atoms with Gasteiger partial charge in [0.05, 0.1) is 17.4 Å². The van der Waals surface area contributed by atoms with E-state index in [0.717, 1.165) is 16.1 Å². The van der Waals surface area contributed by atoms with E-state index >= 15 is 0 Å². The number of sulfonamides is 1. The summed E-state index contributed by atoms with van der Waals surface area (Å²) in [5.41, 5.74) is 1.61. The van der Waals surface area contributed by atoms with Gasteiger partial charge in [-0.05, 0) is 51.2 Å². The van der Waals surface area contributed by atoms with Crippen molar-refractivity contribution in [2.24, 2.45) is 5.92 Å². The number of hydrogen-bond donors (Lipinski definition) is 2. The van der Waals surface area contributed by atoms with Gasteiger partial charge in [-0.2, -0.15) is 0 Å². The zero-order valence-electron chi connectivity index (χ0n) is 13.9. The lowest BCUT2D eigenvalue weighted by atomic mass is 9.77. The quantitative estimate of drug-likeness (QED) is 0.816. The van der Waals surface area contributed by atoms with Crippen LogP contribution in [0.1, 0.15) is 37.6 Å². The van der Waals surface area contributed by atoms with E-state index in [1.165, 1.54) is 11.3 Å². The molecule has 8 heteroatoms. The highest BCUT2D eigenvalue weighted by Gasteiger charge is 2.35. The first kappa shape index (κ1) is 17.6. The van der Waals surface area contributed by atoms with E-state index in [2.05, 4.69) is 9.88 Å². The average molecular weight is 370 g/mol. The Hall–Kier alpha value is -1.22. The molecule has 0 bridgehead atoms. The third kappa shape index (κ3) is 3.28. The molecule has 2 N–H and O–H groups in total. The van der Waals surface area contributed by atoms with Crippen LogP contribution in [0.4, 0.5) is 0 Å². The standard InChI is InChI=1S/C16H22N2O4S2/c1-4-13(11-7-12(19)8-11)18-24(20,21)15-6-5-14(23-15)16-9(2)17-22-10(16)3/h5-6,11-13,18-19H,4,7-8H2,1-3H3/t11?,12?,13-/m0/s1. The van der Waals surface area contributed by atoms with Crippen molar-refractivity contribution in [3.63, 3.8) is 0 Å². The first-order chi connectivity index (χ1) is 11.3. The molecule has 2 heterocycles. The van der Waals surface area contributed by atoms with Gasteiger partial charge in [0, 0.05) is 10.9 Å². The fraction of sp³-hybridized carbons (Fsp3) is 0.562. The molecule has 1 atom stereocenters. The number of hydrogen-bond acceptors (Lipinski definition) is 6. The van der Waals surface area contributed by atoms with Crippen LogP contribution >= 0.6 is 11.3 Å². The normalized spacial score (nSPS) is 22.3. The molecule has 3 rings (SSSR count). The van der Waals surface area contributed by atoms with E-state index in [1.807, 2.05) is 20.8 Å². The van der Waals surface area contributed by atoms with Crippen LogP contribution in [0.2, 0.25) is 0 Å². The van der Waals surface area contributed by atoms with E-state index < -0.39 is 10.0 Å². The minimum atomic E-state index is -3.57. The molecule has 2 aromatic heterocycles. The predicted octanol–water partition coefficient (Wildman–Crippen LogP) is 2.85. The Morgan fingerprint density at radius 3 is 2.67 bits per heavy atom. The molecule has 1 aliphatic carbocycles. The van der Waals surface area contributed by atoms with Crippen molar-refractivity contribution in [3.05, 3.63) is 23.6 Å². The van der Waals surface area contributed by atoms with Crippen LogP contribution in [0.25, 0.3) is 10.4 Å². The van der Waals surface area contributed by atoms with Crippen LogP contribution in [0.5, 0.6) is 0 Å². The van der Waals surface area contributed by atoms with Crippen LogP contribution in [-0.4, -0.2) is 30.8 Å². The Morgan fingerprint density at radius 1 is 1.42 bits per heavy atom. The molecule has 0 aliphatic heterocycles. The van der Waals surface area contributed by atoms with Crippen molar-refractivity contribution in [1.29, 1.82) is 0 Å². The molecule has 132 valence electrons. The minimum absolute atomic E-state index is 0.136. The number of nitrogens with zero attached hydrogens (tertiary/aromatic N) is 1. The number of aliphatic hydroxyl groups excluding tert-OH is 1. The first-order valence-corrected chi connectivity index (χ1v) is 10.3. The van der Waals surface area contributed by atoms with Gasteiger partial charge in [0.1, 0.15) is 9.97 Å². The zero-order valence-corrected chi connectivity index (χ0v) is 15.6. The van der Waals surface area contributed by atoms with E-state index in [9.17, 15) is 13.5 Å². The van der Waals surface area contributed by atoms with E-state index in [1.54, 1.807) is 12.1 Å². The summed E-state index contributed by atoms with van der Waals surface area (Å²) in [6, 6.07) is 3.28. The summed E-state index contributed by atoms with van der Waals surface area (Å²) in [5, 5.41) is 13.4. The number of nitrogens with one attached hydrogen (secondary N) is 1. The lowest BCUT2D eigenvalue weighted by molar-refractivity contribution is 0.0277. The van der Waals surface area contributed by atoms with Gasteiger partial charge in [-0.25, -0.2) is 13.1 Å². The number of aliphatic hydroxyl groups is 1. The summed E-state index contributed by atoms with van der Waals surface area (Å²) in [6.45, 7) is 5.62. The highest BCUT2D eigenvalue weighted by Crippen LogP contribution is 2.36. The minimum Gasteiger partial charge on any atom is -0.393 e. The van der Waals surface area contributed by atoms with Gasteiger partial charge in [0.25, 0.3) is 0 Å². The summed E-state index contributed by atoms with van der Waals surface area (Å²) in [7, 11) is -3.57. The maximum absolute atomic E-state index is 12.7. The van der Waals surface area contributed by atoms with Crippen LogP contribution in [0, 0.1) is 19.8 Å². The van der Waals surface area contributed by atoms with Crippen molar-refractivity contribution >= 4 is 21.4 Å². The number of thiophene rings is 1. The van der Waals surface area contributed by atoms with Gasteiger partial charge >= 0.3 is 0 Å². The van der Waals surface area contributed by atoms with Gasteiger partial charge in [-0.1, -0.05) is 12.1 Å². The Morgan fingerprint density at radius 2 is 2.12 bits per heavy atom. The summed E-state index contributed by atoms with van der Waals surface area (Å²) in [5.74, 6) is 0.892. The van der Waals surface area contributed by atoms with E-state index in [4.69, 9.17) is 4.52 Å². The molecular formula is C16H22N2O4S2. The topological polar surface area (TPSA) is 92.4 Å². The molecule has 0 radical (unpaired) electrons. The average Bonchev–Trinajstić information content (AvgIpc) is 3.09. The molecule has 0 spiro atoms. The zero-order chi connectivity index (χ0) is 17.5. The third-order valence-corrected chi connectivity index (χ3v) is 7.68. The largest absolute Gasteiger partial charge is 0.393 e. The summed E-state index contributed by atoms with van der Waals surface area (Å²) >= 11 is 1.22. The van der Waals surface area contributed by atoms with E-state index in [-0.39, 0.29) is 22.3 Å². The lowest BCUT2D eigenvalue weighted by Crippen LogP contribution is -2.46. The SMILES string of the molecule is CC[C@H](NS(=O)(=O)c1ccc(-c2c(C)noc2C)s1)C1CC(O)C1. The number of aryl methyl sites for hydroxylation is 2. The Kier molecular flexibility index (Phi) is 4.83. The first-order valence-electron chi connectivity index (χ1n) is 8.05. The van der Waals surface area contributed by atoms with Crippen LogP contribution in [0.3, 0.4) is 0 Å². The maximum atomic E-state index is 12.7. The molecule has 6 nitrogen and oxygen atoms in total. The molecule has 1 aliphatic rings. The van der Waals surface area contributed by atoms with Crippen molar-refractivity contribution in [1.82, 2.24) is 9.88 Å². The molecule has 0 amide bonds. The highest BCUT2D eigenvalue weighted by atomic mass is 32.2. The molecule has 1 fully saturated rings. The predicted molar refractivity (Wildman–Crippen MR) is 92.4 cm³/mol. The van der Waals surface area contributed by atoms with Crippen molar-refractivity contribution in [2.75, 3.05) is 0 Å². The number of rotatable bonds is 6. The molecular weight excluding hydrogens is 348 g/mol. The highest BCUT2D eigenvalue weighted by molar-refractivity contribution is 7.91. The molecule has 0 unspecified atom stereocenters. The summed E-state index contributed by atoms with van der Waals surface area (Å²) in [6.07, 6.45) is 1.74. The van der Waals surface area contributed by atoms with Crippen LogP contribution in [0.15, 0.2) is 20.9 Å². The lowest BCUT2D eigenvalue weighted by Gasteiger charge is -2.37. The summed E-state index contributed by atoms with van der Waals surface area (Å²) in [4.78, 5) is 0.832. The third-order valence-electron chi connectivity index (χ3n) is 4.59. The molecule has 0 aromatic carbocycles. The Balaban J connectivity index is 1.80. The van der Waals surface area contributed by atoms with Gasteiger partial charge in [0.2, 0.25) is 10.0 Å². The molecule has 2 aromatic rings. The van der Waals surface area contributed by atoms with Crippen LogP contribution < -0.4 is 4.72 Å². The van der Waals surface area contributed by atoms with Gasteiger partial charge < -0.3 is 9.63 Å². The fourth-order valence-electron chi connectivity index (χ4n) is 3.16. The second kappa shape index (κ2) is 6.59.